The second-order valence-electron chi connectivity index (χ2n) is 5.79. The van der Waals surface area contributed by atoms with Gasteiger partial charge in [-0.3, -0.25) is 0 Å². The quantitative estimate of drug-likeness (QED) is 0.161. The Bertz CT molecular complexity index is 209. The van der Waals surface area contributed by atoms with Crippen LogP contribution in [0.1, 0.15) is 90.9 Å². The fourth-order valence-corrected chi connectivity index (χ4v) is 2.83. The molecule has 0 spiro atoms. The van der Waals surface area contributed by atoms with Gasteiger partial charge in [0.2, 0.25) is 0 Å². The minimum Gasteiger partial charge on any atom is -0.411 e. The van der Waals surface area contributed by atoms with E-state index in [4.69, 9.17) is 24.8 Å². The van der Waals surface area contributed by atoms with Crippen LogP contribution in [-0.2, 0) is 29.7 Å². The van der Waals surface area contributed by atoms with Gasteiger partial charge >= 0.3 is 17.1 Å². The second-order valence-corrected chi connectivity index (χ2v) is 6.82. The van der Waals surface area contributed by atoms with E-state index < -0.39 is 0 Å². The molecule has 0 saturated heterocycles. The fourth-order valence-electron chi connectivity index (χ4n) is 2.46. The summed E-state index contributed by atoms with van der Waals surface area (Å²) in [5.74, 6) is 0. The van der Waals surface area contributed by atoms with Gasteiger partial charge in [-0.2, -0.15) is 0 Å². The Kier molecular flexibility index (Phi) is 21.2. The SMILES string of the molecule is CCCCCCCCN(CCCCCCCC)C(=S)[S-].[Cu+]. The predicted molar refractivity (Wildman–Crippen MR) is 98.3 cm³/mol. The second kappa shape index (κ2) is 18.7. The number of unbranched alkanes of at least 4 members (excludes halogenated alkanes) is 10. The summed E-state index contributed by atoms with van der Waals surface area (Å²) >= 11 is 10.4. The zero-order valence-corrected chi connectivity index (χ0v) is 16.5. The van der Waals surface area contributed by atoms with Crippen molar-refractivity contribution in [2.24, 2.45) is 0 Å². The van der Waals surface area contributed by atoms with Gasteiger partial charge in [-0.1, -0.05) is 82.4 Å². The summed E-state index contributed by atoms with van der Waals surface area (Å²) in [5.41, 5.74) is 0. The molecule has 0 N–H and O–H groups in total. The van der Waals surface area contributed by atoms with Crippen molar-refractivity contribution in [3.63, 3.8) is 0 Å². The summed E-state index contributed by atoms with van der Waals surface area (Å²) in [7, 11) is 0. The van der Waals surface area contributed by atoms with Crippen LogP contribution < -0.4 is 0 Å². The molecule has 21 heavy (non-hydrogen) atoms. The van der Waals surface area contributed by atoms with E-state index in [0.717, 1.165) is 13.1 Å². The number of nitrogens with zero attached hydrogens (tertiary/aromatic N) is 1. The summed E-state index contributed by atoms with van der Waals surface area (Å²) in [5, 5.41) is 0. The van der Waals surface area contributed by atoms with Crippen LogP contribution in [0.25, 0.3) is 0 Å². The van der Waals surface area contributed by atoms with E-state index in [9.17, 15) is 0 Å². The molecule has 0 aromatic carbocycles. The normalized spacial score (nSPS) is 10.2. The third-order valence-electron chi connectivity index (χ3n) is 3.82. The van der Waals surface area contributed by atoms with Crippen molar-refractivity contribution in [1.82, 2.24) is 4.90 Å². The standard InChI is InChI=1S/C17H35NS2.Cu/c1-3-5-7-9-11-13-15-18(17(19)20)16-14-12-10-8-6-4-2;/h3-16H2,1-2H3,(H,19,20);/q;+1/p-1. The van der Waals surface area contributed by atoms with Crippen molar-refractivity contribution < 1.29 is 17.1 Å². The zero-order chi connectivity index (χ0) is 15.1. The Morgan fingerprint density at radius 1 is 0.714 bits per heavy atom. The largest absolute Gasteiger partial charge is 1.00 e. The molecule has 130 valence electrons. The van der Waals surface area contributed by atoms with Crippen LogP contribution in [0.3, 0.4) is 0 Å². The molecular weight excluding hydrogens is 346 g/mol. The molecule has 0 aromatic heterocycles. The molecule has 0 saturated carbocycles. The molecule has 0 aliphatic carbocycles. The van der Waals surface area contributed by atoms with Crippen LogP contribution in [0.15, 0.2) is 0 Å². The van der Waals surface area contributed by atoms with Gasteiger partial charge in [-0.05, 0) is 12.8 Å². The van der Waals surface area contributed by atoms with Crippen LogP contribution in [0.4, 0.5) is 0 Å². The van der Waals surface area contributed by atoms with Crippen LogP contribution in [0, 0.1) is 0 Å². The maximum absolute atomic E-state index is 5.20. The van der Waals surface area contributed by atoms with Crippen LogP contribution in [0.2, 0.25) is 0 Å². The van der Waals surface area contributed by atoms with Crippen molar-refractivity contribution in [3.8, 4) is 0 Å². The summed E-state index contributed by atoms with van der Waals surface area (Å²) < 4.78 is 0.673. The summed E-state index contributed by atoms with van der Waals surface area (Å²) in [4.78, 5) is 2.24. The van der Waals surface area contributed by atoms with E-state index >= 15 is 0 Å². The Labute approximate surface area is 154 Å². The summed E-state index contributed by atoms with van der Waals surface area (Å²) in [6.45, 7) is 6.67. The van der Waals surface area contributed by atoms with Gasteiger partial charge in [0.15, 0.2) is 0 Å². The van der Waals surface area contributed by atoms with E-state index in [2.05, 4.69) is 18.7 Å². The van der Waals surface area contributed by atoms with E-state index in [1.165, 1.54) is 77.0 Å². The zero-order valence-electron chi connectivity index (χ0n) is 14.0. The topological polar surface area (TPSA) is 3.24 Å². The number of thiocarbonyl (C=S) groups is 1. The molecule has 0 heterocycles. The molecule has 0 amide bonds. The Hall–Kier alpha value is 0.629. The van der Waals surface area contributed by atoms with E-state index in [-0.39, 0.29) is 17.1 Å². The fraction of sp³-hybridized carbons (Fsp3) is 0.941. The van der Waals surface area contributed by atoms with Crippen LogP contribution in [-0.4, -0.2) is 22.3 Å². The molecule has 0 radical (unpaired) electrons. The average Bonchev–Trinajstić information content (AvgIpc) is 2.43. The maximum Gasteiger partial charge on any atom is 1.00 e. The maximum atomic E-state index is 5.20. The third kappa shape index (κ3) is 16.8. The van der Waals surface area contributed by atoms with Crippen molar-refractivity contribution >= 4 is 29.2 Å². The first-order valence-electron chi connectivity index (χ1n) is 8.68. The van der Waals surface area contributed by atoms with E-state index in [1.54, 1.807) is 0 Å². The minimum absolute atomic E-state index is 0. The van der Waals surface area contributed by atoms with Crippen LogP contribution >= 0.6 is 12.2 Å². The first kappa shape index (κ1) is 23.9. The van der Waals surface area contributed by atoms with Gasteiger partial charge in [0.25, 0.3) is 0 Å². The van der Waals surface area contributed by atoms with Gasteiger partial charge in [0, 0.05) is 13.1 Å². The first-order chi connectivity index (χ1) is 9.72. The molecule has 0 unspecified atom stereocenters. The summed E-state index contributed by atoms with van der Waals surface area (Å²) in [6.07, 6.45) is 16.0. The smallest absolute Gasteiger partial charge is 0.411 e. The van der Waals surface area contributed by atoms with E-state index in [1.807, 2.05) is 0 Å². The first-order valence-corrected chi connectivity index (χ1v) is 9.50. The van der Waals surface area contributed by atoms with Gasteiger partial charge in [0.05, 0.1) is 0 Å². The molecule has 0 atom stereocenters. The monoisotopic (exact) mass is 379 g/mol. The number of rotatable bonds is 14. The Balaban J connectivity index is 0. The molecule has 0 aliphatic rings. The molecule has 0 aliphatic heterocycles. The van der Waals surface area contributed by atoms with Crippen molar-refractivity contribution in [2.75, 3.05) is 13.1 Å². The minimum atomic E-state index is 0. The molecule has 4 heteroatoms. The van der Waals surface area contributed by atoms with Crippen molar-refractivity contribution in [1.29, 1.82) is 0 Å². The van der Waals surface area contributed by atoms with E-state index in [0.29, 0.717) is 4.32 Å². The third-order valence-corrected chi connectivity index (χ3v) is 4.34. The Morgan fingerprint density at radius 2 is 1.05 bits per heavy atom. The van der Waals surface area contributed by atoms with Crippen molar-refractivity contribution in [2.45, 2.75) is 90.9 Å². The molecule has 0 rings (SSSR count). The molecule has 0 fully saturated rings. The Morgan fingerprint density at radius 3 is 1.38 bits per heavy atom. The molecule has 1 nitrogen and oxygen atoms in total. The number of hydrogen-bond acceptors (Lipinski definition) is 2. The van der Waals surface area contributed by atoms with Crippen molar-refractivity contribution in [3.05, 3.63) is 0 Å². The molecular formula is C17H34CuNS2. The van der Waals surface area contributed by atoms with Gasteiger partial charge in [0.1, 0.15) is 0 Å². The van der Waals surface area contributed by atoms with Gasteiger partial charge in [-0.15, -0.1) is 0 Å². The van der Waals surface area contributed by atoms with Gasteiger partial charge < -0.3 is 29.7 Å². The molecule has 0 aromatic rings. The number of hydrogen-bond donors (Lipinski definition) is 0. The predicted octanol–water partition coefficient (Wildman–Crippen LogP) is 5.84. The van der Waals surface area contributed by atoms with Gasteiger partial charge in [-0.25, -0.2) is 0 Å². The van der Waals surface area contributed by atoms with Crippen LogP contribution in [0.5, 0.6) is 0 Å². The average molecular weight is 380 g/mol. The molecule has 0 bridgehead atoms. The summed E-state index contributed by atoms with van der Waals surface area (Å²) in [6, 6.07) is 0.